The molecule has 2 rings (SSSR count). The van der Waals surface area contributed by atoms with E-state index in [1.807, 2.05) is 30.3 Å². The molecule has 0 saturated heterocycles. The molecule has 0 amide bonds. The monoisotopic (exact) mass is 314 g/mol. The van der Waals surface area contributed by atoms with E-state index in [4.69, 9.17) is 16.0 Å². The molecule has 0 bridgehead atoms. The van der Waals surface area contributed by atoms with E-state index in [1.165, 1.54) is 0 Å². The van der Waals surface area contributed by atoms with Crippen LogP contribution < -0.4 is 0 Å². The first-order chi connectivity index (χ1) is 8.06. The summed E-state index contributed by atoms with van der Waals surface area (Å²) in [5.74, 6) is 1.48. The number of furan rings is 1. The van der Waals surface area contributed by atoms with Crippen molar-refractivity contribution in [3.8, 4) is 11.3 Å². The topological polar surface area (TPSA) is 33.4 Å². The first-order valence-corrected chi connectivity index (χ1v) is 6.45. The molecule has 0 aliphatic heterocycles. The summed E-state index contributed by atoms with van der Waals surface area (Å²) in [4.78, 5) is 0. The number of hydrogen-bond acceptors (Lipinski definition) is 2. The fraction of sp³-hybridized carbons (Fsp3) is 0.231. The molecule has 2 aromatic rings. The lowest BCUT2D eigenvalue weighted by molar-refractivity contribution is 0.187. The zero-order valence-corrected chi connectivity index (χ0v) is 11.6. The van der Waals surface area contributed by atoms with Crippen LogP contribution >= 0.6 is 27.5 Å². The second-order valence-corrected chi connectivity index (χ2v) is 5.27. The average molecular weight is 316 g/mol. The number of hydrogen-bond donors (Lipinski definition) is 1. The van der Waals surface area contributed by atoms with Gasteiger partial charge in [0, 0.05) is 16.5 Å². The van der Waals surface area contributed by atoms with Gasteiger partial charge in [0.15, 0.2) is 0 Å². The third kappa shape index (κ3) is 3.12. The first-order valence-electron chi connectivity index (χ1n) is 5.28. The van der Waals surface area contributed by atoms with Crippen LogP contribution in [-0.4, -0.2) is 11.2 Å². The van der Waals surface area contributed by atoms with E-state index in [-0.39, 0.29) is 0 Å². The Kier molecular flexibility index (Phi) is 3.92. The second kappa shape index (κ2) is 5.25. The predicted molar refractivity (Wildman–Crippen MR) is 72.2 cm³/mol. The Morgan fingerprint density at radius 2 is 2.12 bits per heavy atom. The maximum atomic E-state index is 9.28. The number of aliphatic hydroxyl groups is 1. The van der Waals surface area contributed by atoms with Gasteiger partial charge in [-0.3, -0.25) is 0 Å². The Morgan fingerprint density at radius 1 is 1.35 bits per heavy atom. The van der Waals surface area contributed by atoms with Crippen molar-refractivity contribution in [2.24, 2.45) is 0 Å². The Morgan fingerprint density at radius 3 is 2.76 bits per heavy atom. The smallest absolute Gasteiger partial charge is 0.135 e. The lowest BCUT2D eigenvalue weighted by atomic mass is 10.2. The highest BCUT2D eigenvalue weighted by molar-refractivity contribution is 9.10. The third-order valence-electron chi connectivity index (χ3n) is 2.35. The highest BCUT2D eigenvalue weighted by atomic mass is 79.9. The highest BCUT2D eigenvalue weighted by Gasteiger charge is 2.10. The van der Waals surface area contributed by atoms with Gasteiger partial charge in [0.25, 0.3) is 0 Å². The normalized spacial score (nSPS) is 12.7. The van der Waals surface area contributed by atoms with Crippen molar-refractivity contribution in [3.05, 3.63) is 45.6 Å². The van der Waals surface area contributed by atoms with Crippen molar-refractivity contribution in [1.29, 1.82) is 0 Å². The second-order valence-electron chi connectivity index (χ2n) is 3.94. The van der Waals surface area contributed by atoms with Gasteiger partial charge in [-0.2, -0.15) is 0 Å². The molecule has 0 aliphatic rings. The summed E-state index contributed by atoms with van der Waals surface area (Å²) in [6, 6.07) is 9.37. The van der Waals surface area contributed by atoms with Gasteiger partial charge in [0.1, 0.15) is 11.5 Å². The molecular weight excluding hydrogens is 303 g/mol. The standard InChI is InChI=1S/C13H12BrClO2/c1-8(16)6-10-3-5-13(17-10)11-4-2-9(14)7-12(11)15/h2-5,7-8,16H,6H2,1H3. The van der Waals surface area contributed by atoms with Crippen LogP contribution in [-0.2, 0) is 6.42 Å². The van der Waals surface area contributed by atoms with E-state index >= 15 is 0 Å². The minimum absolute atomic E-state index is 0.408. The summed E-state index contributed by atoms with van der Waals surface area (Å²) < 4.78 is 6.57. The average Bonchev–Trinajstić information content (AvgIpc) is 2.65. The lowest BCUT2D eigenvalue weighted by Gasteiger charge is -2.02. The molecule has 0 radical (unpaired) electrons. The minimum atomic E-state index is -0.408. The molecular formula is C13H12BrClO2. The fourth-order valence-electron chi connectivity index (χ4n) is 1.61. The van der Waals surface area contributed by atoms with Gasteiger partial charge >= 0.3 is 0 Å². The zero-order valence-electron chi connectivity index (χ0n) is 9.28. The van der Waals surface area contributed by atoms with E-state index in [2.05, 4.69) is 15.9 Å². The van der Waals surface area contributed by atoms with Crippen LogP contribution in [0, 0.1) is 0 Å². The summed E-state index contributed by atoms with van der Waals surface area (Å²) in [6.45, 7) is 1.73. The summed E-state index contributed by atoms with van der Waals surface area (Å²) in [7, 11) is 0. The van der Waals surface area contributed by atoms with Gasteiger partial charge in [-0.05, 0) is 37.3 Å². The van der Waals surface area contributed by atoms with E-state index < -0.39 is 6.10 Å². The van der Waals surface area contributed by atoms with Gasteiger partial charge in [0.2, 0.25) is 0 Å². The molecule has 0 saturated carbocycles. The van der Waals surface area contributed by atoms with Gasteiger partial charge in [-0.25, -0.2) is 0 Å². The predicted octanol–water partition coefficient (Wildman–Crippen LogP) is 4.29. The number of aliphatic hydroxyl groups excluding tert-OH is 1. The molecule has 1 aromatic carbocycles. The first kappa shape index (κ1) is 12.7. The van der Waals surface area contributed by atoms with Gasteiger partial charge in [-0.15, -0.1) is 0 Å². The molecule has 1 aromatic heterocycles. The van der Waals surface area contributed by atoms with Gasteiger partial charge < -0.3 is 9.52 Å². The van der Waals surface area contributed by atoms with Crippen LogP contribution in [0.4, 0.5) is 0 Å². The molecule has 0 spiro atoms. The SMILES string of the molecule is CC(O)Cc1ccc(-c2ccc(Br)cc2Cl)o1. The van der Waals surface area contributed by atoms with E-state index in [0.29, 0.717) is 11.4 Å². The molecule has 4 heteroatoms. The summed E-state index contributed by atoms with van der Waals surface area (Å²) in [5, 5.41) is 9.92. The van der Waals surface area contributed by atoms with Crippen LogP contribution in [0.1, 0.15) is 12.7 Å². The Hall–Kier alpha value is -0.770. The molecule has 1 heterocycles. The zero-order chi connectivity index (χ0) is 12.4. The molecule has 90 valence electrons. The Balaban J connectivity index is 2.30. The molecule has 1 atom stereocenters. The fourth-order valence-corrected chi connectivity index (χ4v) is 2.38. The molecule has 1 unspecified atom stereocenters. The van der Waals surface area contributed by atoms with Gasteiger partial charge in [0.05, 0.1) is 11.1 Å². The van der Waals surface area contributed by atoms with E-state index in [1.54, 1.807) is 6.92 Å². The number of halogens is 2. The third-order valence-corrected chi connectivity index (χ3v) is 3.16. The van der Waals surface area contributed by atoms with Crippen molar-refractivity contribution < 1.29 is 9.52 Å². The maximum absolute atomic E-state index is 9.28. The van der Waals surface area contributed by atoms with Crippen LogP contribution in [0.25, 0.3) is 11.3 Å². The maximum Gasteiger partial charge on any atom is 0.135 e. The van der Waals surface area contributed by atoms with Crippen molar-refractivity contribution in [1.82, 2.24) is 0 Å². The highest BCUT2D eigenvalue weighted by Crippen LogP contribution is 2.31. The number of benzene rings is 1. The molecule has 0 fully saturated rings. The summed E-state index contributed by atoms with van der Waals surface area (Å²) in [6.07, 6.45) is 0.100. The van der Waals surface area contributed by atoms with Crippen LogP contribution in [0.2, 0.25) is 5.02 Å². The lowest BCUT2D eigenvalue weighted by Crippen LogP contribution is -2.02. The molecule has 0 aliphatic carbocycles. The summed E-state index contributed by atoms with van der Waals surface area (Å²) >= 11 is 9.50. The molecule has 17 heavy (non-hydrogen) atoms. The van der Waals surface area contributed by atoms with Crippen molar-refractivity contribution in [3.63, 3.8) is 0 Å². The van der Waals surface area contributed by atoms with E-state index in [9.17, 15) is 5.11 Å². The van der Waals surface area contributed by atoms with Crippen LogP contribution in [0.5, 0.6) is 0 Å². The van der Waals surface area contributed by atoms with Crippen molar-refractivity contribution >= 4 is 27.5 Å². The largest absolute Gasteiger partial charge is 0.461 e. The Labute approximate surface area is 113 Å². The van der Waals surface area contributed by atoms with Crippen molar-refractivity contribution in [2.75, 3.05) is 0 Å². The quantitative estimate of drug-likeness (QED) is 0.917. The van der Waals surface area contributed by atoms with Crippen molar-refractivity contribution in [2.45, 2.75) is 19.4 Å². The Bertz CT molecular complexity index is 520. The summed E-state index contributed by atoms with van der Waals surface area (Å²) in [5.41, 5.74) is 0.853. The molecule has 2 nitrogen and oxygen atoms in total. The van der Waals surface area contributed by atoms with Gasteiger partial charge in [-0.1, -0.05) is 27.5 Å². The minimum Gasteiger partial charge on any atom is -0.461 e. The van der Waals surface area contributed by atoms with E-state index in [0.717, 1.165) is 21.6 Å². The molecule has 1 N–H and O–H groups in total. The van der Waals surface area contributed by atoms with Crippen LogP contribution in [0.3, 0.4) is 0 Å². The van der Waals surface area contributed by atoms with Crippen LogP contribution in [0.15, 0.2) is 39.2 Å². The number of rotatable bonds is 3.